The van der Waals surface area contributed by atoms with E-state index in [2.05, 4.69) is 0 Å². The van der Waals surface area contributed by atoms with E-state index in [9.17, 15) is 4.79 Å². The van der Waals surface area contributed by atoms with Crippen LogP contribution >= 0.6 is 23.2 Å². The number of hydrogen-bond donors (Lipinski definition) is 0. The number of fused-ring (bicyclic) bond motifs is 1. The van der Waals surface area contributed by atoms with Crippen LogP contribution in [-0.2, 0) is 6.61 Å². The van der Waals surface area contributed by atoms with Crippen LogP contribution in [-0.4, -0.2) is 0 Å². The minimum absolute atomic E-state index is 0.128. The number of rotatable bonds is 5. The van der Waals surface area contributed by atoms with Gasteiger partial charge in [0.25, 0.3) is 0 Å². The summed E-state index contributed by atoms with van der Waals surface area (Å²) < 4.78 is 17.0. The maximum atomic E-state index is 12.7. The van der Waals surface area contributed by atoms with Crippen LogP contribution in [0, 0.1) is 6.92 Å². The number of benzene rings is 3. The smallest absolute Gasteiger partial charge is 0.235 e. The molecule has 29 heavy (non-hydrogen) atoms. The molecule has 0 radical (unpaired) electrons. The second-order valence-corrected chi connectivity index (χ2v) is 7.37. The molecule has 146 valence electrons. The van der Waals surface area contributed by atoms with E-state index >= 15 is 0 Å². The van der Waals surface area contributed by atoms with E-state index in [0.717, 1.165) is 11.1 Å². The van der Waals surface area contributed by atoms with Crippen molar-refractivity contribution >= 4 is 34.2 Å². The molecule has 3 aromatic carbocycles. The molecule has 1 aromatic heterocycles. The Balaban J connectivity index is 1.55. The van der Waals surface area contributed by atoms with Gasteiger partial charge < -0.3 is 13.9 Å². The van der Waals surface area contributed by atoms with Gasteiger partial charge >= 0.3 is 0 Å². The average Bonchev–Trinajstić information content (AvgIpc) is 2.71. The molecule has 0 N–H and O–H groups in total. The predicted molar refractivity (Wildman–Crippen MR) is 115 cm³/mol. The standard InChI is InChI=1S/C23H16Cl2O4/c1-14-2-6-17(7-3-14)29-22-13-28-21-11-18(8-9-19(21)23(22)26)27-12-15-4-5-16(24)10-20(15)25/h2-11,13H,12H2,1H3. The highest BCUT2D eigenvalue weighted by molar-refractivity contribution is 6.35. The van der Waals surface area contributed by atoms with Crippen LogP contribution in [0.1, 0.15) is 11.1 Å². The van der Waals surface area contributed by atoms with Crippen molar-refractivity contribution in [2.24, 2.45) is 0 Å². The first-order chi connectivity index (χ1) is 14.0. The quantitative estimate of drug-likeness (QED) is 0.352. The van der Waals surface area contributed by atoms with Crippen LogP contribution in [0.4, 0.5) is 0 Å². The summed E-state index contributed by atoms with van der Waals surface area (Å²) in [5, 5.41) is 1.50. The van der Waals surface area contributed by atoms with Crippen molar-refractivity contribution in [3.05, 3.63) is 98.3 Å². The summed E-state index contributed by atoms with van der Waals surface area (Å²) in [6.45, 7) is 2.25. The van der Waals surface area contributed by atoms with Crippen molar-refractivity contribution in [3.63, 3.8) is 0 Å². The lowest BCUT2D eigenvalue weighted by Crippen LogP contribution is -2.05. The zero-order chi connectivity index (χ0) is 20.4. The average molecular weight is 427 g/mol. The summed E-state index contributed by atoms with van der Waals surface area (Å²) >= 11 is 12.1. The number of ether oxygens (including phenoxy) is 2. The molecule has 0 fully saturated rings. The van der Waals surface area contributed by atoms with Gasteiger partial charge in [-0.2, -0.15) is 0 Å². The molecule has 4 aromatic rings. The molecule has 4 rings (SSSR count). The fourth-order valence-corrected chi connectivity index (χ4v) is 3.25. The molecule has 4 nitrogen and oxygen atoms in total. The van der Waals surface area contributed by atoms with E-state index in [1.807, 2.05) is 19.1 Å². The van der Waals surface area contributed by atoms with Crippen LogP contribution in [0.5, 0.6) is 17.2 Å². The molecule has 0 spiro atoms. The van der Waals surface area contributed by atoms with Crippen molar-refractivity contribution in [2.45, 2.75) is 13.5 Å². The van der Waals surface area contributed by atoms with Crippen LogP contribution in [0.15, 0.2) is 76.1 Å². The fourth-order valence-electron chi connectivity index (χ4n) is 2.78. The molecule has 0 atom stereocenters. The van der Waals surface area contributed by atoms with Crippen molar-refractivity contribution in [3.8, 4) is 17.2 Å². The Morgan fingerprint density at radius 1 is 0.931 bits per heavy atom. The third kappa shape index (κ3) is 4.39. The highest BCUT2D eigenvalue weighted by Gasteiger charge is 2.11. The third-order valence-corrected chi connectivity index (χ3v) is 4.96. The van der Waals surface area contributed by atoms with Crippen LogP contribution in [0.2, 0.25) is 10.0 Å². The molecule has 6 heteroatoms. The minimum atomic E-state index is -0.251. The van der Waals surface area contributed by atoms with Gasteiger partial charge in [0.05, 0.1) is 5.39 Å². The van der Waals surface area contributed by atoms with E-state index < -0.39 is 0 Å². The Hall–Kier alpha value is -2.95. The van der Waals surface area contributed by atoms with Crippen LogP contribution < -0.4 is 14.9 Å². The Labute approximate surface area is 177 Å². The van der Waals surface area contributed by atoms with Gasteiger partial charge in [-0.3, -0.25) is 4.79 Å². The zero-order valence-corrected chi connectivity index (χ0v) is 17.0. The molecule has 0 aliphatic carbocycles. The second-order valence-electron chi connectivity index (χ2n) is 6.53. The number of hydrogen-bond acceptors (Lipinski definition) is 4. The summed E-state index contributed by atoms with van der Waals surface area (Å²) in [7, 11) is 0. The first kappa shape index (κ1) is 19.4. The van der Waals surface area contributed by atoms with Crippen molar-refractivity contribution < 1.29 is 13.9 Å². The van der Waals surface area contributed by atoms with Gasteiger partial charge in [-0.1, -0.05) is 47.0 Å². The molecular formula is C23H16Cl2O4. The van der Waals surface area contributed by atoms with E-state index in [0.29, 0.717) is 32.5 Å². The maximum Gasteiger partial charge on any atom is 0.235 e. The molecule has 0 aliphatic rings. The fraction of sp³-hybridized carbons (Fsp3) is 0.0870. The number of aryl methyl sites for hydroxylation is 1. The monoisotopic (exact) mass is 426 g/mol. The summed E-state index contributed by atoms with van der Waals surface area (Å²) in [5.41, 5.74) is 2.07. The summed E-state index contributed by atoms with van der Waals surface area (Å²) in [6.07, 6.45) is 1.31. The number of halogens is 2. The SMILES string of the molecule is Cc1ccc(Oc2coc3cc(OCc4ccc(Cl)cc4Cl)ccc3c2=O)cc1. The minimum Gasteiger partial charge on any atom is -0.489 e. The van der Waals surface area contributed by atoms with E-state index in [1.54, 1.807) is 48.5 Å². The first-order valence-electron chi connectivity index (χ1n) is 8.86. The van der Waals surface area contributed by atoms with Crippen molar-refractivity contribution in [1.82, 2.24) is 0 Å². The lowest BCUT2D eigenvalue weighted by molar-refractivity contribution is 0.306. The molecule has 0 aliphatic heterocycles. The van der Waals surface area contributed by atoms with Crippen LogP contribution in [0.25, 0.3) is 11.0 Å². The first-order valence-corrected chi connectivity index (χ1v) is 9.62. The summed E-state index contributed by atoms with van der Waals surface area (Å²) in [4.78, 5) is 12.7. The van der Waals surface area contributed by atoms with E-state index in [1.165, 1.54) is 6.26 Å². The Kier molecular flexibility index (Phi) is 5.47. The lowest BCUT2D eigenvalue weighted by atomic mass is 10.2. The molecule has 0 amide bonds. The predicted octanol–water partition coefficient (Wildman–Crippen LogP) is 6.78. The molecule has 0 unspecified atom stereocenters. The van der Waals surface area contributed by atoms with Crippen molar-refractivity contribution in [1.29, 1.82) is 0 Å². The van der Waals surface area contributed by atoms with E-state index in [4.69, 9.17) is 37.1 Å². The zero-order valence-electron chi connectivity index (χ0n) is 15.4. The van der Waals surface area contributed by atoms with Crippen LogP contribution in [0.3, 0.4) is 0 Å². The Bertz CT molecular complexity index is 1230. The maximum absolute atomic E-state index is 12.7. The second kappa shape index (κ2) is 8.19. The van der Waals surface area contributed by atoms with Gasteiger partial charge in [-0.25, -0.2) is 0 Å². The van der Waals surface area contributed by atoms with Gasteiger partial charge in [0.15, 0.2) is 0 Å². The Morgan fingerprint density at radius 2 is 1.69 bits per heavy atom. The largest absolute Gasteiger partial charge is 0.489 e. The highest BCUT2D eigenvalue weighted by atomic mass is 35.5. The highest BCUT2D eigenvalue weighted by Crippen LogP contribution is 2.26. The van der Waals surface area contributed by atoms with Crippen molar-refractivity contribution in [2.75, 3.05) is 0 Å². The topological polar surface area (TPSA) is 48.7 Å². The summed E-state index contributed by atoms with van der Waals surface area (Å²) in [5.74, 6) is 1.25. The van der Waals surface area contributed by atoms with Gasteiger partial charge in [0, 0.05) is 21.7 Å². The van der Waals surface area contributed by atoms with Gasteiger partial charge in [-0.15, -0.1) is 0 Å². The third-order valence-electron chi connectivity index (χ3n) is 4.37. The Morgan fingerprint density at radius 3 is 2.45 bits per heavy atom. The van der Waals surface area contributed by atoms with E-state index in [-0.39, 0.29) is 17.8 Å². The normalized spacial score (nSPS) is 10.9. The molecule has 1 heterocycles. The lowest BCUT2D eigenvalue weighted by Gasteiger charge is -2.09. The van der Waals surface area contributed by atoms with Gasteiger partial charge in [-0.05, 0) is 43.3 Å². The molecule has 0 saturated carbocycles. The molecular weight excluding hydrogens is 411 g/mol. The molecule has 0 saturated heterocycles. The molecule has 0 bridgehead atoms. The summed E-state index contributed by atoms with van der Waals surface area (Å²) in [6, 6.07) is 17.7. The van der Waals surface area contributed by atoms with Gasteiger partial charge in [0.2, 0.25) is 11.2 Å². The van der Waals surface area contributed by atoms with Gasteiger partial charge in [0.1, 0.15) is 30.0 Å².